The smallest absolute Gasteiger partial charge is 0.335 e. The zero-order chi connectivity index (χ0) is 23.8. The minimum Gasteiger partial charge on any atom is -0.478 e. The topological polar surface area (TPSA) is 126 Å². The molecule has 0 aliphatic carbocycles. The van der Waals surface area contributed by atoms with Crippen LogP contribution >= 0.6 is 23.2 Å². The van der Waals surface area contributed by atoms with Crippen LogP contribution in [0.25, 0.3) is 10.9 Å². The lowest BCUT2D eigenvalue weighted by molar-refractivity contribution is 0.0696. The number of nitrogens with one attached hydrogen (secondary N) is 2. The van der Waals surface area contributed by atoms with Gasteiger partial charge in [0, 0.05) is 17.0 Å². The predicted octanol–water partition coefficient (Wildman–Crippen LogP) is 5.08. The van der Waals surface area contributed by atoms with Crippen molar-refractivity contribution in [2.75, 3.05) is 0 Å². The second-order valence-corrected chi connectivity index (χ2v) is 9.37. The summed E-state index contributed by atoms with van der Waals surface area (Å²) in [5.41, 5.74) is 0.530. The minimum absolute atomic E-state index is 0.0161. The maximum Gasteiger partial charge on any atom is 0.335 e. The number of carboxylic acid groups (broad SMARTS) is 1. The standard InChI is InChI=1S/C22H14Cl2N2O6S/c23-17-7-3-15(11-18(17)24)32-14-4-8-19-13(9-14)10-20(25-19)21(27)26-33(30,31)16-5-1-12(2-6-16)22(28)29/h1-11,25H,(H,26,27)(H,28,29). The molecular formula is C22H14Cl2N2O6S. The fourth-order valence-corrected chi connectivity index (χ4v) is 4.24. The SMILES string of the molecule is O=C(O)c1ccc(S(=O)(=O)NC(=O)c2cc3cc(Oc4ccc(Cl)c(Cl)c4)ccc3[nH]2)cc1. The fourth-order valence-electron chi connectivity index (χ4n) is 2.99. The van der Waals surface area contributed by atoms with E-state index in [0.29, 0.717) is 32.4 Å². The van der Waals surface area contributed by atoms with E-state index < -0.39 is 21.9 Å². The van der Waals surface area contributed by atoms with Crippen molar-refractivity contribution in [1.82, 2.24) is 9.71 Å². The molecule has 0 spiro atoms. The predicted molar refractivity (Wildman–Crippen MR) is 123 cm³/mol. The number of aromatic carboxylic acids is 1. The Morgan fingerprint density at radius 2 is 1.55 bits per heavy atom. The van der Waals surface area contributed by atoms with Gasteiger partial charge in [-0.05, 0) is 60.7 Å². The van der Waals surface area contributed by atoms with Gasteiger partial charge >= 0.3 is 5.97 Å². The van der Waals surface area contributed by atoms with Gasteiger partial charge < -0.3 is 14.8 Å². The van der Waals surface area contributed by atoms with Crippen LogP contribution in [0.3, 0.4) is 0 Å². The van der Waals surface area contributed by atoms with Gasteiger partial charge in [-0.3, -0.25) is 4.79 Å². The summed E-state index contributed by atoms with van der Waals surface area (Å²) < 4.78 is 32.7. The molecule has 3 N–H and O–H groups in total. The van der Waals surface area contributed by atoms with Crippen molar-refractivity contribution in [2.24, 2.45) is 0 Å². The molecule has 0 saturated carbocycles. The van der Waals surface area contributed by atoms with Crippen molar-refractivity contribution in [3.8, 4) is 11.5 Å². The number of aromatic nitrogens is 1. The molecule has 1 heterocycles. The molecule has 0 unspecified atom stereocenters. The maximum absolute atomic E-state index is 12.5. The van der Waals surface area contributed by atoms with Gasteiger partial charge in [-0.1, -0.05) is 23.2 Å². The van der Waals surface area contributed by atoms with Crippen LogP contribution in [-0.2, 0) is 10.0 Å². The third kappa shape index (κ3) is 4.95. The summed E-state index contributed by atoms with van der Waals surface area (Å²) >= 11 is 11.9. The molecule has 0 bridgehead atoms. The third-order valence-corrected chi connectivity index (χ3v) is 6.69. The van der Waals surface area contributed by atoms with E-state index in [9.17, 15) is 18.0 Å². The highest BCUT2D eigenvalue weighted by molar-refractivity contribution is 7.90. The molecule has 1 amide bonds. The van der Waals surface area contributed by atoms with Gasteiger partial charge in [-0.15, -0.1) is 0 Å². The molecule has 168 valence electrons. The summed E-state index contributed by atoms with van der Waals surface area (Å²) in [5, 5.41) is 10.3. The van der Waals surface area contributed by atoms with Gasteiger partial charge in [-0.2, -0.15) is 0 Å². The fraction of sp³-hybridized carbons (Fsp3) is 0. The third-order valence-electron chi connectivity index (χ3n) is 4.60. The summed E-state index contributed by atoms with van der Waals surface area (Å²) in [6, 6.07) is 15.8. The van der Waals surface area contributed by atoms with Gasteiger partial charge in [0.15, 0.2) is 0 Å². The van der Waals surface area contributed by atoms with E-state index in [1.54, 1.807) is 36.4 Å². The summed E-state index contributed by atoms with van der Waals surface area (Å²) in [6.07, 6.45) is 0. The molecule has 0 fully saturated rings. The Hall–Kier alpha value is -3.53. The number of carboxylic acids is 1. The molecule has 3 aromatic carbocycles. The average molecular weight is 505 g/mol. The first-order valence-corrected chi connectivity index (χ1v) is 11.5. The molecule has 8 nitrogen and oxygen atoms in total. The highest BCUT2D eigenvalue weighted by Gasteiger charge is 2.20. The van der Waals surface area contributed by atoms with Crippen molar-refractivity contribution in [3.63, 3.8) is 0 Å². The van der Waals surface area contributed by atoms with Crippen molar-refractivity contribution >= 4 is 56.0 Å². The van der Waals surface area contributed by atoms with Crippen LogP contribution in [-0.4, -0.2) is 30.4 Å². The van der Waals surface area contributed by atoms with Crippen LogP contribution in [0.15, 0.2) is 71.6 Å². The number of carbonyl (C=O) groups is 2. The number of aromatic amines is 1. The normalized spacial score (nSPS) is 11.3. The molecular weight excluding hydrogens is 491 g/mol. The zero-order valence-electron chi connectivity index (χ0n) is 16.5. The monoisotopic (exact) mass is 504 g/mol. The quantitative estimate of drug-likeness (QED) is 0.336. The van der Waals surface area contributed by atoms with Gasteiger partial charge in [0.1, 0.15) is 17.2 Å². The van der Waals surface area contributed by atoms with Gasteiger partial charge in [-0.25, -0.2) is 17.9 Å². The number of amides is 1. The van der Waals surface area contributed by atoms with Gasteiger partial charge in [0.25, 0.3) is 15.9 Å². The van der Waals surface area contributed by atoms with Crippen molar-refractivity contribution < 1.29 is 27.9 Å². The van der Waals surface area contributed by atoms with E-state index in [0.717, 1.165) is 24.3 Å². The first-order valence-electron chi connectivity index (χ1n) is 9.28. The lowest BCUT2D eigenvalue weighted by Crippen LogP contribution is -2.30. The molecule has 11 heteroatoms. The summed E-state index contributed by atoms with van der Waals surface area (Å²) in [5.74, 6) is -1.13. The Morgan fingerprint density at radius 1 is 0.879 bits per heavy atom. The largest absolute Gasteiger partial charge is 0.478 e. The number of H-pyrrole nitrogens is 1. The number of halogens is 2. The van der Waals surface area contributed by atoms with E-state index in [2.05, 4.69) is 4.98 Å². The molecule has 1 aromatic heterocycles. The van der Waals surface area contributed by atoms with E-state index in [4.69, 9.17) is 33.0 Å². The molecule has 4 aromatic rings. The number of hydrogen-bond acceptors (Lipinski definition) is 5. The van der Waals surface area contributed by atoms with Crippen LogP contribution in [0.4, 0.5) is 0 Å². The number of rotatable bonds is 6. The summed E-state index contributed by atoms with van der Waals surface area (Å²) in [7, 11) is -4.20. The zero-order valence-corrected chi connectivity index (χ0v) is 18.8. The first-order chi connectivity index (χ1) is 15.6. The van der Waals surface area contributed by atoms with E-state index in [1.807, 2.05) is 4.72 Å². The number of benzene rings is 3. The molecule has 0 aliphatic rings. The highest BCUT2D eigenvalue weighted by Crippen LogP contribution is 2.31. The van der Waals surface area contributed by atoms with E-state index in [1.165, 1.54) is 6.07 Å². The number of sulfonamides is 1. The lowest BCUT2D eigenvalue weighted by Gasteiger charge is -2.06. The van der Waals surface area contributed by atoms with E-state index in [-0.39, 0.29) is 16.2 Å². The Kier molecular flexibility index (Phi) is 6.03. The average Bonchev–Trinajstić information content (AvgIpc) is 3.20. The Morgan fingerprint density at radius 3 is 2.21 bits per heavy atom. The number of fused-ring (bicyclic) bond motifs is 1. The van der Waals surface area contributed by atoms with Gasteiger partial charge in [0.05, 0.1) is 20.5 Å². The molecule has 0 atom stereocenters. The molecule has 33 heavy (non-hydrogen) atoms. The molecule has 0 radical (unpaired) electrons. The second-order valence-electron chi connectivity index (χ2n) is 6.87. The van der Waals surface area contributed by atoms with Crippen LogP contribution in [0.1, 0.15) is 20.8 Å². The maximum atomic E-state index is 12.5. The number of hydrogen-bond donors (Lipinski definition) is 3. The molecule has 0 saturated heterocycles. The van der Waals surface area contributed by atoms with Crippen LogP contribution in [0, 0.1) is 0 Å². The summed E-state index contributed by atoms with van der Waals surface area (Å²) in [4.78, 5) is 26.1. The molecule has 4 rings (SSSR count). The van der Waals surface area contributed by atoms with Crippen LogP contribution in [0.5, 0.6) is 11.5 Å². The second kappa shape index (κ2) is 8.78. The van der Waals surface area contributed by atoms with Crippen molar-refractivity contribution in [1.29, 1.82) is 0 Å². The number of carbonyl (C=O) groups excluding carboxylic acids is 1. The minimum atomic E-state index is -4.20. The van der Waals surface area contributed by atoms with E-state index >= 15 is 0 Å². The Labute approximate surface area is 197 Å². The van der Waals surface area contributed by atoms with Crippen molar-refractivity contribution in [2.45, 2.75) is 4.90 Å². The van der Waals surface area contributed by atoms with Crippen LogP contribution < -0.4 is 9.46 Å². The Balaban J connectivity index is 1.53. The Bertz CT molecular complexity index is 1500. The van der Waals surface area contributed by atoms with Gasteiger partial charge in [0.2, 0.25) is 0 Å². The number of ether oxygens (including phenoxy) is 1. The molecule has 0 aliphatic heterocycles. The first kappa shape index (κ1) is 22.7. The van der Waals surface area contributed by atoms with Crippen LogP contribution in [0.2, 0.25) is 10.0 Å². The summed E-state index contributed by atoms with van der Waals surface area (Å²) in [6.45, 7) is 0. The lowest BCUT2D eigenvalue weighted by atomic mass is 10.2. The highest BCUT2D eigenvalue weighted by atomic mass is 35.5. The van der Waals surface area contributed by atoms with Crippen molar-refractivity contribution in [3.05, 3.63) is 88.0 Å².